The van der Waals surface area contributed by atoms with Gasteiger partial charge in [0.2, 0.25) is 0 Å². The molecular formula is C13H17N3O2. The van der Waals surface area contributed by atoms with Crippen LogP contribution in [0.2, 0.25) is 0 Å². The van der Waals surface area contributed by atoms with E-state index in [1.165, 1.54) is 0 Å². The molecule has 1 atom stereocenters. The smallest absolute Gasteiger partial charge is 0.132 e. The third kappa shape index (κ3) is 1.59. The van der Waals surface area contributed by atoms with Crippen molar-refractivity contribution in [3.63, 3.8) is 0 Å². The molecule has 0 bridgehead atoms. The van der Waals surface area contributed by atoms with E-state index in [1.54, 1.807) is 7.11 Å². The summed E-state index contributed by atoms with van der Waals surface area (Å²) in [6.45, 7) is 1.23. The van der Waals surface area contributed by atoms with E-state index >= 15 is 0 Å². The first-order chi connectivity index (χ1) is 8.64. The van der Waals surface area contributed by atoms with Gasteiger partial charge in [-0.3, -0.25) is 0 Å². The molecule has 2 aromatic rings. The lowest BCUT2D eigenvalue weighted by Crippen LogP contribution is -2.39. The number of nitrogens with two attached hydrogens (primary N) is 1. The Morgan fingerprint density at radius 3 is 3.00 bits per heavy atom. The van der Waals surface area contributed by atoms with Gasteiger partial charge in [0, 0.05) is 19.7 Å². The number of methoxy groups -OCH3 is 1. The first-order valence-corrected chi connectivity index (χ1v) is 6.02. The van der Waals surface area contributed by atoms with Crippen molar-refractivity contribution in [1.82, 2.24) is 9.55 Å². The average molecular weight is 247 g/mol. The number of ether oxygens (including phenoxy) is 2. The number of fused-ring (bicyclic) bond motifs is 1. The van der Waals surface area contributed by atoms with Crippen LogP contribution in [0.25, 0.3) is 11.0 Å². The minimum atomic E-state index is -0.471. The fraction of sp³-hybridized carbons (Fsp3) is 0.462. The summed E-state index contributed by atoms with van der Waals surface area (Å²) in [4.78, 5) is 4.65. The van der Waals surface area contributed by atoms with Crippen LogP contribution in [0, 0.1) is 0 Å². The lowest BCUT2D eigenvalue weighted by Gasteiger charge is -2.20. The molecule has 1 aliphatic rings. The highest BCUT2D eigenvalue weighted by molar-refractivity contribution is 5.78. The number of aromatic nitrogens is 2. The molecule has 0 radical (unpaired) electrons. The first kappa shape index (κ1) is 11.5. The number of benzene rings is 1. The van der Waals surface area contributed by atoms with Crippen LogP contribution in [0.15, 0.2) is 18.2 Å². The van der Waals surface area contributed by atoms with Gasteiger partial charge in [-0.05, 0) is 18.6 Å². The highest BCUT2D eigenvalue weighted by Crippen LogP contribution is 2.30. The van der Waals surface area contributed by atoms with E-state index in [1.807, 2.05) is 29.8 Å². The van der Waals surface area contributed by atoms with Gasteiger partial charge in [0.25, 0.3) is 0 Å². The van der Waals surface area contributed by atoms with Crippen molar-refractivity contribution in [3.8, 4) is 5.75 Å². The number of nitrogens with zero attached hydrogens (tertiary/aromatic N) is 2. The molecule has 0 amide bonds. The summed E-state index contributed by atoms with van der Waals surface area (Å²) >= 11 is 0. The number of imidazole rings is 1. The molecule has 1 aromatic heterocycles. The maximum absolute atomic E-state index is 6.38. The summed E-state index contributed by atoms with van der Waals surface area (Å²) in [6.07, 6.45) is 0.807. The Bertz CT molecular complexity index is 585. The fourth-order valence-electron chi connectivity index (χ4n) is 2.51. The Morgan fingerprint density at radius 2 is 2.33 bits per heavy atom. The van der Waals surface area contributed by atoms with E-state index in [9.17, 15) is 0 Å². The summed E-state index contributed by atoms with van der Waals surface area (Å²) in [5.41, 5.74) is 7.87. The molecule has 5 heteroatoms. The normalized spacial score (nSPS) is 23.7. The number of rotatable bonds is 2. The van der Waals surface area contributed by atoms with Crippen LogP contribution in [0.3, 0.4) is 0 Å². The minimum absolute atomic E-state index is 0.471. The third-order valence-corrected chi connectivity index (χ3v) is 3.59. The lowest BCUT2D eigenvalue weighted by molar-refractivity contribution is 0.175. The van der Waals surface area contributed by atoms with Crippen LogP contribution < -0.4 is 10.5 Å². The molecule has 1 aromatic carbocycles. The SMILES string of the molecule is COc1ccc2c(c1)nc(C1(N)CCOC1)n2C. The van der Waals surface area contributed by atoms with Crippen molar-refractivity contribution in [1.29, 1.82) is 0 Å². The Labute approximate surface area is 106 Å². The summed E-state index contributed by atoms with van der Waals surface area (Å²) in [5.74, 6) is 1.68. The van der Waals surface area contributed by atoms with Gasteiger partial charge in [-0.15, -0.1) is 0 Å². The molecule has 0 spiro atoms. The van der Waals surface area contributed by atoms with Gasteiger partial charge in [0.05, 0.1) is 24.8 Å². The van der Waals surface area contributed by atoms with Crippen LogP contribution in [0.4, 0.5) is 0 Å². The van der Waals surface area contributed by atoms with Gasteiger partial charge in [0.1, 0.15) is 17.1 Å². The van der Waals surface area contributed by atoms with Crippen LogP contribution >= 0.6 is 0 Å². The van der Waals surface area contributed by atoms with Gasteiger partial charge in [-0.1, -0.05) is 0 Å². The minimum Gasteiger partial charge on any atom is -0.497 e. The Hall–Kier alpha value is -1.59. The third-order valence-electron chi connectivity index (χ3n) is 3.59. The van der Waals surface area contributed by atoms with E-state index in [0.29, 0.717) is 13.2 Å². The van der Waals surface area contributed by atoms with Gasteiger partial charge >= 0.3 is 0 Å². The van der Waals surface area contributed by atoms with Gasteiger partial charge in [0.15, 0.2) is 0 Å². The zero-order chi connectivity index (χ0) is 12.8. The summed E-state index contributed by atoms with van der Waals surface area (Å²) in [5, 5.41) is 0. The molecule has 18 heavy (non-hydrogen) atoms. The second-order valence-corrected chi connectivity index (χ2v) is 4.81. The Morgan fingerprint density at radius 1 is 1.50 bits per heavy atom. The van der Waals surface area contributed by atoms with Crippen LogP contribution in [-0.4, -0.2) is 29.9 Å². The number of hydrogen-bond donors (Lipinski definition) is 1. The predicted octanol–water partition coefficient (Wildman–Crippen LogP) is 1.16. The topological polar surface area (TPSA) is 62.3 Å². The van der Waals surface area contributed by atoms with E-state index in [4.69, 9.17) is 15.2 Å². The Balaban J connectivity index is 2.16. The van der Waals surface area contributed by atoms with Crippen molar-refractivity contribution < 1.29 is 9.47 Å². The van der Waals surface area contributed by atoms with Crippen molar-refractivity contribution in [2.45, 2.75) is 12.0 Å². The highest BCUT2D eigenvalue weighted by atomic mass is 16.5. The molecule has 2 N–H and O–H groups in total. The quantitative estimate of drug-likeness (QED) is 0.865. The van der Waals surface area contributed by atoms with Crippen LogP contribution in [0.1, 0.15) is 12.2 Å². The van der Waals surface area contributed by atoms with E-state index < -0.39 is 5.54 Å². The average Bonchev–Trinajstić information content (AvgIpc) is 2.95. The molecule has 96 valence electrons. The first-order valence-electron chi connectivity index (χ1n) is 6.02. The summed E-state index contributed by atoms with van der Waals surface area (Å²) in [7, 11) is 3.64. The van der Waals surface area contributed by atoms with Crippen molar-refractivity contribution in [2.75, 3.05) is 20.3 Å². The monoisotopic (exact) mass is 247 g/mol. The van der Waals surface area contributed by atoms with E-state index in [-0.39, 0.29) is 0 Å². The maximum atomic E-state index is 6.38. The Kier molecular flexibility index (Phi) is 2.53. The maximum Gasteiger partial charge on any atom is 0.132 e. The molecule has 1 aliphatic heterocycles. The lowest BCUT2D eigenvalue weighted by atomic mass is 9.99. The summed E-state index contributed by atoms with van der Waals surface area (Å²) < 4.78 is 12.7. The van der Waals surface area contributed by atoms with Crippen LogP contribution in [-0.2, 0) is 17.3 Å². The van der Waals surface area contributed by atoms with Gasteiger partial charge < -0.3 is 19.8 Å². The van der Waals surface area contributed by atoms with E-state index in [0.717, 1.165) is 29.0 Å². The molecule has 0 aliphatic carbocycles. The molecule has 1 unspecified atom stereocenters. The second kappa shape index (κ2) is 3.96. The molecule has 1 fully saturated rings. The van der Waals surface area contributed by atoms with E-state index in [2.05, 4.69) is 4.98 Å². The number of aryl methyl sites for hydroxylation is 1. The van der Waals surface area contributed by atoms with Gasteiger partial charge in [-0.25, -0.2) is 4.98 Å². The van der Waals surface area contributed by atoms with Gasteiger partial charge in [-0.2, -0.15) is 0 Å². The fourth-order valence-corrected chi connectivity index (χ4v) is 2.51. The molecule has 5 nitrogen and oxygen atoms in total. The van der Waals surface area contributed by atoms with Crippen molar-refractivity contribution >= 4 is 11.0 Å². The molecule has 0 saturated carbocycles. The van der Waals surface area contributed by atoms with Crippen molar-refractivity contribution in [2.24, 2.45) is 12.8 Å². The largest absolute Gasteiger partial charge is 0.497 e. The number of hydrogen-bond acceptors (Lipinski definition) is 4. The van der Waals surface area contributed by atoms with Crippen molar-refractivity contribution in [3.05, 3.63) is 24.0 Å². The summed E-state index contributed by atoms with van der Waals surface area (Å²) in [6, 6.07) is 5.87. The standard InChI is InChI=1S/C13H17N3O2/c1-16-11-4-3-9(17-2)7-10(11)15-12(16)13(14)5-6-18-8-13/h3-4,7H,5-6,8,14H2,1-2H3. The predicted molar refractivity (Wildman–Crippen MR) is 68.6 cm³/mol. The molecular weight excluding hydrogens is 230 g/mol. The molecule has 3 rings (SSSR count). The zero-order valence-electron chi connectivity index (χ0n) is 10.6. The van der Waals surface area contributed by atoms with Crippen LogP contribution in [0.5, 0.6) is 5.75 Å². The zero-order valence-corrected chi connectivity index (χ0v) is 10.6. The second-order valence-electron chi connectivity index (χ2n) is 4.81. The highest BCUT2D eigenvalue weighted by Gasteiger charge is 2.36. The molecule has 1 saturated heterocycles. The molecule has 2 heterocycles.